The van der Waals surface area contributed by atoms with Crippen molar-refractivity contribution in [1.82, 2.24) is 0 Å². The molecule has 0 aromatic carbocycles. The quantitative estimate of drug-likeness (QED) is 0.224. The molecule has 1 rings (SSSR count). The third-order valence-corrected chi connectivity index (χ3v) is 4.74. The van der Waals surface area contributed by atoms with Crippen molar-refractivity contribution in [2.75, 3.05) is 6.61 Å². The number of azide groups is 1. The number of ether oxygens (including phenoxy) is 2. The fourth-order valence-corrected chi connectivity index (χ4v) is 3.32. The molecule has 11 heteroatoms. The molecule has 1 fully saturated rings. The molecule has 1 saturated heterocycles. The van der Waals surface area contributed by atoms with Crippen molar-refractivity contribution in [3.05, 3.63) is 10.4 Å². The Bertz CT molecular complexity index is 323. The zero-order valence-corrected chi connectivity index (χ0v) is 13.4. The number of rotatable bonds is 8. The SMILES string of the molecule is C[C@H]1CC(OC(N=[N+]=[N-])C(F)F)[C@@H](COPPP)O1. The van der Waals surface area contributed by atoms with E-state index < -0.39 is 24.9 Å². The van der Waals surface area contributed by atoms with Crippen LogP contribution in [0.5, 0.6) is 0 Å². The summed E-state index contributed by atoms with van der Waals surface area (Å²) in [5, 5.41) is 2.95. The first-order valence-corrected chi connectivity index (χ1v) is 10.3. The molecular formula is C8H16F2N3O3P3. The second-order valence-corrected chi connectivity index (χ2v) is 8.74. The van der Waals surface area contributed by atoms with E-state index in [-0.39, 0.29) is 6.10 Å². The average molecular weight is 333 g/mol. The van der Waals surface area contributed by atoms with E-state index in [9.17, 15) is 8.78 Å². The van der Waals surface area contributed by atoms with Gasteiger partial charge >= 0.3 is 0 Å². The van der Waals surface area contributed by atoms with E-state index in [4.69, 9.17) is 19.5 Å². The fraction of sp³-hybridized carbons (Fsp3) is 1.00. The first-order chi connectivity index (χ1) is 9.08. The Morgan fingerprint density at radius 1 is 1.63 bits per heavy atom. The van der Waals surface area contributed by atoms with Crippen molar-refractivity contribution < 1.29 is 22.8 Å². The van der Waals surface area contributed by atoms with Crippen LogP contribution in [-0.2, 0) is 14.0 Å². The highest BCUT2D eigenvalue weighted by atomic mass is 32.4. The van der Waals surface area contributed by atoms with E-state index >= 15 is 0 Å². The molecule has 5 unspecified atom stereocenters. The van der Waals surface area contributed by atoms with Crippen molar-refractivity contribution in [2.45, 2.75) is 44.3 Å². The summed E-state index contributed by atoms with van der Waals surface area (Å²) in [6.45, 7) is 2.13. The maximum atomic E-state index is 12.6. The first kappa shape index (κ1) is 17.4. The van der Waals surface area contributed by atoms with Crippen LogP contribution in [0, 0.1) is 0 Å². The number of nitrogens with zero attached hydrogens (tertiary/aromatic N) is 3. The second kappa shape index (κ2) is 9.31. The van der Waals surface area contributed by atoms with E-state index in [0.717, 1.165) is 0 Å². The minimum atomic E-state index is -2.86. The minimum absolute atomic E-state index is 0.0928. The second-order valence-electron chi connectivity index (χ2n) is 3.88. The highest BCUT2D eigenvalue weighted by Crippen LogP contribution is 2.44. The van der Waals surface area contributed by atoms with Crippen LogP contribution in [0.3, 0.4) is 0 Å². The van der Waals surface area contributed by atoms with Crippen molar-refractivity contribution in [2.24, 2.45) is 5.11 Å². The summed E-state index contributed by atoms with van der Waals surface area (Å²) in [4.78, 5) is 2.37. The molecule has 0 saturated carbocycles. The van der Waals surface area contributed by atoms with Crippen LogP contribution in [-0.4, -0.2) is 37.6 Å². The monoisotopic (exact) mass is 333 g/mol. The maximum Gasteiger partial charge on any atom is 0.270 e. The Balaban J connectivity index is 2.54. The lowest BCUT2D eigenvalue weighted by atomic mass is 10.1. The van der Waals surface area contributed by atoms with Crippen LogP contribution in [0.15, 0.2) is 5.11 Å². The Morgan fingerprint density at radius 3 is 2.95 bits per heavy atom. The van der Waals surface area contributed by atoms with E-state index in [1.165, 1.54) is 0 Å². The summed E-state index contributed by atoms with van der Waals surface area (Å²) in [6, 6.07) is 0. The van der Waals surface area contributed by atoms with Crippen molar-refractivity contribution in [3.8, 4) is 0 Å². The predicted octanol–water partition coefficient (Wildman–Crippen LogP) is 3.44. The first-order valence-electron chi connectivity index (χ1n) is 5.54. The third-order valence-electron chi connectivity index (χ3n) is 2.46. The van der Waals surface area contributed by atoms with Crippen LogP contribution in [0.2, 0.25) is 0 Å². The van der Waals surface area contributed by atoms with Crippen LogP contribution in [0.1, 0.15) is 13.3 Å². The smallest absolute Gasteiger partial charge is 0.270 e. The Labute approximate surface area is 115 Å². The van der Waals surface area contributed by atoms with Crippen LogP contribution in [0.4, 0.5) is 8.78 Å². The molecule has 110 valence electrons. The highest BCUT2D eigenvalue weighted by Gasteiger charge is 2.37. The lowest BCUT2D eigenvalue weighted by Gasteiger charge is -2.22. The molecule has 0 radical (unpaired) electrons. The van der Waals surface area contributed by atoms with Gasteiger partial charge in [-0.2, -0.15) is 0 Å². The van der Waals surface area contributed by atoms with Crippen LogP contribution in [0.25, 0.3) is 10.4 Å². The largest absolute Gasteiger partial charge is 0.370 e. The normalized spacial score (nSPS) is 29.6. The van der Waals surface area contributed by atoms with Crippen molar-refractivity contribution >= 4 is 25.4 Å². The molecule has 0 aliphatic carbocycles. The summed E-state index contributed by atoms with van der Waals surface area (Å²) < 4.78 is 41.3. The van der Waals surface area contributed by atoms with Crippen molar-refractivity contribution in [3.63, 3.8) is 0 Å². The summed E-state index contributed by atoms with van der Waals surface area (Å²) in [5.74, 6) is 0. The topological polar surface area (TPSA) is 76.5 Å². The Kier molecular flexibility index (Phi) is 8.52. The lowest BCUT2D eigenvalue weighted by molar-refractivity contribution is -0.112. The van der Waals surface area contributed by atoms with Gasteiger partial charge in [-0.05, 0) is 12.5 Å². The molecule has 0 aromatic rings. The molecule has 1 aliphatic heterocycles. The average Bonchev–Trinajstić information content (AvgIpc) is 2.69. The molecule has 19 heavy (non-hydrogen) atoms. The molecule has 7 atom stereocenters. The van der Waals surface area contributed by atoms with Gasteiger partial charge in [0.1, 0.15) is 6.10 Å². The summed E-state index contributed by atoms with van der Waals surface area (Å²) >= 11 is 0. The Morgan fingerprint density at radius 2 is 2.37 bits per heavy atom. The van der Waals surface area contributed by atoms with Gasteiger partial charge in [-0.15, -0.1) is 8.93 Å². The van der Waals surface area contributed by atoms with Crippen LogP contribution < -0.4 is 0 Å². The lowest BCUT2D eigenvalue weighted by Crippen LogP contribution is -2.34. The van der Waals surface area contributed by atoms with Gasteiger partial charge in [-0.1, -0.05) is 13.1 Å². The maximum absolute atomic E-state index is 12.6. The number of halogens is 2. The highest BCUT2D eigenvalue weighted by molar-refractivity contribution is 8.37. The summed E-state index contributed by atoms with van der Waals surface area (Å²) in [6.07, 6.45) is -5.20. The summed E-state index contributed by atoms with van der Waals surface area (Å²) in [7, 11) is 3.50. The van der Waals surface area contributed by atoms with Gasteiger partial charge in [0.05, 0.1) is 18.8 Å². The summed E-state index contributed by atoms with van der Waals surface area (Å²) in [5.41, 5.74) is 8.24. The zero-order valence-electron chi connectivity index (χ0n) is 10.2. The molecule has 0 bridgehead atoms. The van der Waals surface area contributed by atoms with Gasteiger partial charge in [-0.3, -0.25) is 0 Å². The van der Waals surface area contributed by atoms with Gasteiger partial charge in [0.25, 0.3) is 6.43 Å². The van der Waals surface area contributed by atoms with E-state index in [1.54, 1.807) is 0 Å². The molecule has 1 aliphatic rings. The van der Waals surface area contributed by atoms with E-state index in [1.807, 2.05) is 6.92 Å². The van der Waals surface area contributed by atoms with Gasteiger partial charge < -0.3 is 14.0 Å². The molecular weight excluding hydrogens is 317 g/mol. The molecule has 0 spiro atoms. The number of hydrogen-bond acceptors (Lipinski definition) is 4. The van der Waals surface area contributed by atoms with Gasteiger partial charge in [-0.25, -0.2) is 8.78 Å². The number of hydrogen-bond donors (Lipinski definition) is 0. The van der Waals surface area contributed by atoms with E-state index in [2.05, 4.69) is 19.0 Å². The van der Waals surface area contributed by atoms with Crippen molar-refractivity contribution in [1.29, 1.82) is 0 Å². The standard InChI is InChI=1S/C8H16F2N3O3P3/c1-4-2-5(6(15-4)3-14-18-19-17)16-8(7(9)10)12-13-11/h4-8,18-19H,2-3,17H2,1H3/t4-,5?,6+,8?/m0/s1. The third kappa shape index (κ3) is 6.10. The van der Waals surface area contributed by atoms with Gasteiger partial charge in [0.15, 0.2) is 6.23 Å². The fourth-order valence-electron chi connectivity index (χ4n) is 1.74. The molecule has 0 N–H and O–H groups in total. The Hall–Kier alpha value is 0.340. The van der Waals surface area contributed by atoms with Gasteiger partial charge in [0.2, 0.25) is 0 Å². The zero-order chi connectivity index (χ0) is 14.3. The predicted molar refractivity (Wildman–Crippen MR) is 75.1 cm³/mol. The molecule has 1 heterocycles. The van der Waals surface area contributed by atoms with Gasteiger partial charge in [0, 0.05) is 19.8 Å². The molecule has 0 amide bonds. The molecule has 0 aromatic heterocycles. The minimum Gasteiger partial charge on any atom is -0.370 e. The number of alkyl halides is 2. The van der Waals surface area contributed by atoms with E-state index in [0.29, 0.717) is 29.5 Å². The molecule has 6 nitrogen and oxygen atoms in total. The van der Waals surface area contributed by atoms with Crippen LogP contribution >= 0.6 is 25.4 Å².